The molecule has 0 saturated carbocycles. The van der Waals surface area contributed by atoms with Gasteiger partial charge in [0, 0.05) is 4.88 Å². The molecule has 4 heteroatoms. The molecule has 1 aromatic heterocycles. The first-order valence-electron chi connectivity index (χ1n) is 3.67. The first kappa shape index (κ1) is 7.76. The van der Waals surface area contributed by atoms with E-state index in [1.54, 1.807) is 11.3 Å². The van der Waals surface area contributed by atoms with Gasteiger partial charge in [-0.05, 0) is 11.4 Å². The highest BCUT2D eigenvalue weighted by Crippen LogP contribution is 2.34. The fraction of sp³-hybridized carbons (Fsp3) is 0.375. The van der Waals surface area contributed by atoms with Crippen molar-refractivity contribution >= 4 is 17.2 Å². The molecule has 0 atom stereocenters. The molecule has 1 aliphatic heterocycles. The smallest absolute Gasteiger partial charge is 0.233 e. The van der Waals surface area contributed by atoms with Gasteiger partial charge in [-0.25, -0.2) is 0 Å². The summed E-state index contributed by atoms with van der Waals surface area (Å²) in [7, 11) is 0. The van der Waals surface area contributed by atoms with Crippen molar-refractivity contribution in [3.8, 4) is 0 Å². The minimum absolute atomic E-state index is 0.281. The number of thiophene rings is 1. The van der Waals surface area contributed by atoms with E-state index < -0.39 is 5.41 Å². The van der Waals surface area contributed by atoms with E-state index in [2.05, 4.69) is 0 Å². The molecule has 0 unspecified atom stereocenters. The molecule has 64 valence electrons. The van der Waals surface area contributed by atoms with Crippen LogP contribution < -0.4 is 5.73 Å². The number of nitrogens with two attached hydrogens (primary N) is 1. The van der Waals surface area contributed by atoms with Crippen LogP contribution in [0.4, 0.5) is 0 Å². The van der Waals surface area contributed by atoms with Crippen LogP contribution in [-0.2, 0) is 14.9 Å². The molecule has 0 bridgehead atoms. The normalized spacial score (nSPS) is 20.0. The predicted molar refractivity (Wildman–Crippen MR) is 46.0 cm³/mol. The summed E-state index contributed by atoms with van der Waals surface area (Å²) in [4.78, 5) is 12.2. The van der Waals surface area contributed by atoms with E-state index in [4.69, 9.17) is 10.5 Å². The van der Waals surface area contributed by atoms with Crippen molar-refractivity contribution in [3.63, 3.8) is 0 Å². The van der Waals surface area contributed by atoms with Crippen molar-refractivity contribution in [1.82, 2.24) is 0 Å². The van der Waals surface area contributed by atoms with Crippen LogP contribution in [0.5, 0.6) is 0 Å². The van der Waals surface area contributed by atoms with E-state index in [1.807, 2.05) is 17.5 Å². The van der Waals surface area contributed by atoms with Crippen molar-refractivity contribution in [2.75, 3.05) is 13.2 Å². The van der Waals surface area contributed by atoms with Gasteiger partial charge in [0.25, 0.3) is 0 Å². The minimum Gasteiger partial charge on any atom is -0.378 e. The standard InChI is InChI=1S/C8H9NO2S/c9-7(10)8(4-11-5-8)6-2-1-3-12-6/h1-3H,4-5H2,(H2,9,10). The summed E-state index contributed by atoms with van der Waals surface area (Å²) in [6.45, 7) is 0.867. The maximum atomic E-state index is 11.2. The maximum absolute atomic E-state index is 11.2. The molecular formula is C8H9NO2S. The molecule has 0 radical (unpaired) electrons. The Bertz CT molecular complexity index is 290. The van der Waals surface area contributed by atoms with Gasteiger partial charge in [0.2, 0.25) is 5.91 Å². The molecule has 2 N–H and O–H groups in total. The fourth-order valence-corrected chi connectivity index (χ4v) is 2.17. The highest BCUT2D eigenvalue weighted by molar-refractivity contribution is 7.10. The Morgan fingerprint density at radius 1 is 1.67 bits per heavy atom. The summed E-state index contributed by atoms with van der Waals surface area (Å²) < 4.78 is 5.03. The van der Waals surface area contributed by atoms with Gasteiger partial charge in [-0.1, -0.05) is 6.07 Å². The van der Waals surface area contributed by atoms with Crippen LogP contribution in [0.15, 0.2) is 17.5 Å². The van der Waals surface area contributed by atoms with Crippen LogP contribution in [0.3, 0.4) is 0 Å². The van der Waals surface area contributed by atoms with Gasteiger partial charge in [0.05, 0.1) is 13.2 Å². The summed E-state index contributed by atoms with van der Waals surface area (Å²) in [5.41, 5.74) is 4.79. The lowest BCUT2D eigenvalue weighted by atomic mass is 9.83. The van der Waals surface area contributed by atoms with E-state index in [-0.39, 0.29) is 5.91 Å². The Balaban J connectivity index is 2.35. The third kappa shape index (κ3) is 0.884. The molecule has 0 aromatic carbocycles. The molecule has 1 aliphatic rings. The van der Waals surface area contributed by atoms with Crippen LogP contribution in [0.25, 0.3) is 0 Å². The van der Waals surface area contributed by atoms with Gasteiger partial charge in [-0.15, -0.1) is 11.3 Å². The summed E-state index contributed by atoms with van der Waals surface area (Å²) in [5, 5.41) is 1.94. The lowest BCUT2D eigenvalue weighted by Crippen LogP contribution is -2.55. The summed E-state index contributed by atoms with van der Waals surface area (Å²) >= 11 is 1.55. The van der Waals surface area contributed by atoms with E-state index in [9.17, 15) is 4.79 Å². The number of hydrogen-bond donors (Lipinski definition) is 1. The molecule has 1 amide bonds. The third-order valence-electron chi connectivity index (χ3n) is 2.16. The Kier molecular flexibility index (Phi) is 1.66. The summed E-state index contributed by atoms with van der Waals surface area (Å²) in [6.07, 6.45) is 0. The number of primary amides is 1. The largest absolute Gasteiger partial charge is 0.378 e. The van der Waals surface area contributed by atoms with Gasteiger partial charge in [0.15, 0.2) is 0 Å². The maximum Gasteiger partial charge on any atom is 0.233 e. The van der Waals surface area contributed by atoms with Crippen LogP contribution in [0.1, 0.15) is 4.88 Å². The van der Waals surface area contributed by atoms with E-state index in [0.717, 1.165) is 4.88 Å². The SMILES string of the molecule is NC(=O)C1(c2cccs2)COC1. The predicted octanol–water partition coefficient (Wildman–Crippen LogP) is 0.501. The van der Waals surface area contributed by atoms with Crippen molar-refractivity contribution < 1.29 is 9.53 Å². The fourth-order valence-electron chi connectivity index (χ4n) is 1.26. The summed E-state index contributed by atoms with van der Waals surface area (Å²) in [6, 6.07) is 3.85. The Morgan fingerprint density at radius 3 is 2.75 bits per heavy atom. The first-order chi connectivity index (χ1) is 5.76. The third-order valence-corrected chi connectivity index (χ3v) is 3.24. The van der Waals surface area contributed by atoms with Crippen molar-refractivity contribution in [2.24, 2.45) is 5.73 Å². The van der Waals surface area contributed by atoms with Crippen molar-refractivity contribution in [3.05, 3.63) is 22.4 Å². The van der Waals surface area contributed by atoms with E-state index in [1.165, 1.54) is 0 Å². The average molecular weight is 183 g/mol. The average Bonchev–Trinajstić information content (AvgIpc) is 2.35. The molecule has 0 aliphatic carbocycles. The highest BCUT2D eigenvalue weighted by atomic mass is 32.1. The number of hydrogen-bond acceptors (Lipinski definition) is 3. The topological polar surface area (TPSA) is 52.3 Å². The number of carbonyl (C=O) groups is 1. The van der Waals surface area contributed by atoms with Gasteiger partial charge < -0.3 is 10.5 Å². The zero-order valence-corrected chi connectivity index (χ0v) is 7.26. The zero-order chi connectivity index (χ0) is 8.60. The van der Waals surface area contributed by atoms with Gasteiger partial charge in [-0.2, -0.15) is 0 Å². The second kappa shape index (κ2) is 2.57. The van der Waals surface area contributed by atoms with Gasteiger partial charge >= 0.3 is 0 Å². The molecule has 3 nitrogen and oxygen atoms in total. The molecule has 2 rings (SSSR count). The molecule has 1 fully saturated rings. The van der Waals surface area contributed by atoms with Crippen LogP contribution >= 0.6 is 11.3 Å². The Morgan fingerprint density at radius 2 is 2.42 bits per heavy atom. The lowest BCUT2D eigenvalue weighted by molar-refractivity contribution is -0.141. The van der Waals surface area contributed by atoms with E-state index in [0.29, 0.717) is 13.2 Å². The first-order valence-corrected chi connectivity index (χ1v) is 4.55. The molecule has 0 spiro atoms. The van der Waals surface area contributed by atoms with Crippen LogP contribution in [0.2, 0.25) is 0 Å². The molecule has 1 aromatic rings. The molecule has 12 heavy (non-hydrogen) atoms. The van der Waals surface area contributed by atoms with Gasteiger partial charge in [-0.3, -0.25) is 4.79 Å². The molecular weight excluding hydrogens is 174 g/mol. The van der Waals surface area contributed by atoms with Crippen LogP contribution in [-0.4, -0.2) is 19.1 Å². The summed E-state index contributed by atoms with van der Waals surface area (Å²) in [5.74, 6) is -0.281. The number of rotatable bonds is 2. The Hall–Kier alpha value is -0.870. The van der Waals surface area contributed by atoms with E-state index >= 15 is 0 Å². The zero-order valence-electron chi connectivity index (χ0n) is 6.45. The molecule has 1 saturated heterocycles. The number of carbonyl (C=O) groups excluding carboxylic acids is 1. The Labute approximate surface area is 74.1 Å². The monoisotopic (exact) mass is 183 g/mol. The minimum atomic E-state index is -0.520. The number of amides is 1. The quantitative estimate of drug-likeness (QED) is 0.726. The number of ether oxygens (including phenoxy) is 1. The van der Waals surface area contributed by atoms with Crippen molar-refractivity contribution in [2.45, 2.75) is 5.41 Å². The second-order valence-electron chi connectivity index (χ2n) is 2.92. The highest BCUT2D eigenvalue weighted by Gasteiger charge is 2.46. The van der Waals surface area contributed by atoms with Gasteiger partial charge in [0.1, 0.15) is 5.41 Å². The van der Waals surface area contributed by atoms with Crippen LogP contribution in [0, 0.1) is 0 Å². The second-order valence-corrected chi connectivity index (χ2v) is 3.86. The molecule has 2 heterocycles. The van der Waals surface area contributed by atoms with Crippen molar-refractivity contribution in [1.29, 1.82) is 0 Å². The lowest BCUT2D eigenvalue weighted by Gasteiger charge is -2.37.